The summed E-state index contributed by atoms with van der Waals surface area (Å²) in [5, 5.41) is 6.19. The summed E-state index contributed by atoms with van der Waals surface area (Å²) in [5.41, 5.74) is 5.77. The molecule has 0 fully saturated rings. The highest BCUT2D eigenvalue weighted by Crippen LogP contribution is 2.26. The van der Waals surface area contributed by atoms with Gasteiger partial charge in [0.15, 0.2) is 5.16 Å². The van der Waals surface area contributed by atoms with Crippen LogP contribution in [0.3, 0.4) is 0 Å². The highest BCUT2D eigenvalue weighted by atomic mass is 32.2. The van der Waals surface area contributed by atoms with E-state index in [-0.39, 0.29) is 6.04 Å². The van der Waals surface area contributed by atoms with Crippen LogP contribution in [0.25, 0.3) is 0 Å². The maximum Gasteiger partial charge on any atom is 0.191 e. The molecule has 2 aromatic heterocycles. The Hall–Kier alpha value is -1.27. The summed E-state index contributed by atoms with van der Waals surface area (Å²) in [6.07, 6.45) is 2.94. The number of thiophene rings is 1. The first-order valence-electron chi connectivity index (χ1n) is 5.71. The zero-order valence-corrected chi connectivity index (χ0v) is 12.0. The van der Waals surface area contributed by atoms with Crippen molar-refractivity contribution in [1.29, 1.82) is 0 Å². The number of hydrogen-bond acceptors (Lipinski definition) is 6. The van der Waals surface area contributed by atoms with Gasteiger partial charge in [0.2, 0.25) is 0 Å². The predicted molar refractivity (Wildman–Crippen MR) is 79.2 cm³/mol. The molecule has 1 unspecified atom stereocenters. The Bertz CT molecular complexity index is 499. The van der Waals surface area contributed by atoms with E-state index < -0.39 is 0 Å². The van der Waals surface area contributed by atoms with Gasteiger partial charge in [-0.05, 0) is 24.1 Å². The molecule has 0 saturated carbocycles. The van der Waals surface area contributed by atoms with E-state index in [0.717, 1.165) is 12.2 Å². The maximum absolute atomic E-state index is 5.77. The van der Waals surface area contributed by atoms with E-state index in [4.69, 9.17) is 5.73 Å². The standard InChI is InChI=1S/C12H16N4S2/c1-3-8(9-5-4-6-18-9)14-11-7-10(13)15-12(16-11)17-2/h4-8H,3H2,1-2H3,(H3,13,14,15,16). The average Bonchev–Trinajstić information content (AvgIpc) is 2.89. The Balaban J connectivity index is 2.19. The lowest BCUT2D eigenvalue weighted by Crippen LogP contribution is -2.10. The van der Waals surface area contributed by atoms with Gasteiger partial charge in [-0.15, -0.1) is 11.3 Å². The third-order valence-electron chi connectivity index (χ3n) is 2.53. The van der Waals surface area contributed by atoms with Crippen LogP contribution < -0.4 is 11.1 Å². The molecule has 18 heavy (non-hydrogen) atoms. The summed E-state index contributed by atoms with van der Waals surface area (Å²) < 4.78 is 0. The van der Waals surface area contributed by atoms with E-state index >= 15 is 0 Å². The molecule has 0 aliphatic heterocycles. The zero-order valence-electron chi connectivity index (χ0n) is 10.4. The van der Waals surface area contributed by atoms with Gasteiger partial charge in [0.25, 0.3) is 0 Å². The van der Waals surface area contributed by atoms with Gasteiger partial charge >= 0.3 is 0 Å². The van der Waals surface area contributed by atoms with Crippen molar-refractivity contribution in [3.8, 4) is 0 Å². The minimum absolute atomic E-state index is 0.272. The second-order valence-electron chi connectivity index (χ2n) is 3.79. The number of anilines is 2. The average molecular weight is 280 g/mol. The molecule has 0 radical (unpaired) electrons. The highest BCUT2D eigenvalue weighted by Gasteiger charge is 2.11. The van der Waals surface area contributed by atoms with Crippen LogP contribution in [0.5, 0.6) is 0 Å². The van der Waals surface area contributed by atoms with Gasteiger partial charge in [-0.25, -0.2) is 9.97 Å². The summed E-state index contributed by atoms with van der Waals surface area (Å²) in [5.74, 6) is 1.28. The summed E-state index contributed by atoms with van der Waals surface area (Å²) in [6, 6.07) is 6.24. The molecule has 96 valence electrons. The van der Waals surface area contributed by atoms with E-state index in [1.165, 1.54) is 16.6 Å². The smallest absolute Gasteiger partial charge is 0.191 e. The number of nitrogen functional groups attached to an aromatic ring is 1. The quantitative estimate of drug-likeness (QED) is 0.649. The van der Waals surface area contributed by atoms with Gasteiger partial charge in [0.1, 0.15) is 11.6 Å². The van der Waals surface area contributed by atoms with Gasteiger partial charge in [-0.3, -0.25) is 0 Å². The molecule has 0 saturated heterocycles. The third-order valence-corrected chi connectivity index (χ3v) is 4.06. The van der Waals surface area contributed by atoms with Gasteiger partial charge in [0.05, 0.1) is 6.04 Å². The minimum atomic E-state index is 0.272. The number of aromatic nitrogens is 2. The molecule has 2 aromatic rings. The Morgan fingerprint density at radius 2 is 2.33 bits per heavy atom. The normalized spacial score (nSPS) is 12.3. The molecule has 0 aliphatic carbocycles. The number of rotatable bonds is 5. The van der Waals surface area contributed by atoms with Crippen LogP contribution in [-0.2, 0) is 0 Å². The molecule has 2 rings (SSSR count). The van der Waals surface area contributed by atoms with Crippen molar-refractivity contribution in [2.75, 3.05) is 17.3 Å². The van der Waals surface area contributed by atoms with Crippen molar-refractivity contribution < 1.29 is 0 Å². The van der Waals surface area contributed by atoms with Crippen LogP contribution in [0.2, 0.25) is 0 Å². The van der Waals surface area contributed by atoms with Gasteiger partial charge in [0, 0.05) is 10.9 Å². The molecule has 0 spiro atoms. The molecule has 0 bridgehead atoms. The third kappa shape index (κ3) is 3.14. The summed E-state index contributed by atoms with van der Waals surface area (Å²) in [6.45, 7) is 2.15. The molecule has 6 heteroatoms. The lowest BCUT2D eigenvalue weighted by molar-refractivity contribution is 0.754. The molecule has 4 nitrogen and oxygen atoms in total. The maximum atomic E-state index is 5.77. The van der Waals surface area contributed by atoms with Crippen LogP contribution in [-0.4, -0.2) is 16.2 Å². The van der Waals surface area contributed by atoms with E-state index in [1.807, 2.05) is 6.26 Å². The number of nitrogens with zero attached hydrogens (tertiary/aromatic N) is 2. The van der Waals surface area contributed by atoms with Crippen molar-refractivity contribution >= 4 is 34.7 Å². The van der Waals surface area contributed by atoms with Crippen molar-refractivity contribution in [3.63, 3.8) is 0 Å². The van der Waals surface area contributed by atoms with Crippen LogP contribution >= 0.6 is 23.1 Å². The summed E-state index contributed by atoms with van der Waals surface area (Å²) >= 11 is 3.24. The molecule has 0 aliphatic rings. The number of hydrogen-bond donors (Lipinski definition) is 2. The van der Waals surface area contributed by atoms with E-state index in [2.05, 4.69) is 39.7 Å². The fourth-order valence-corrected chi connectivity index (χ4v) is 2.90. The van der Waals surface area contributed by atoms with Gasteiger partial charge in [-0.1, -0.05) is 24.8 Å². The van der Waals surface area contributed by atoms with E-state index in [9.17, 15) is 0 Å². The molecule has 3 N–H and O–H groups in total. The van der Waals surface area contributed by atoms with E-state index in [1.54, 1.807) is 17.4 Å². The van der Waals surface area contributed by atoms with Crippen molar-refractivity contribution in [2.45, 2.75) is 24.5 Å². The lowest BCUT2D eigenvalue weighted by Gasteiger charge is -2.16. The first-order chi connectivity index (χ1) is 8.72. The Labute approximate surface area is 115 Å². The summed E-state index contributed by atoms with van der Waals surface area (Å²) in [7, 11) is 0. The zero-order chi connectivity index (χ0) is 13.0. The Kier molecular flexibility index (Phi) is 4.43. The monoisotopic (exact) mass is 280 g/mol. The fourth-order valence-electron chi connectivity index (χ4n) is 1.65. The van der Waals surface area contributed by atoms with Crippen LogP contribution in [0, 0.1) is 0 Å². The number of nitrogens with two attached hydrogens (primary N) is 1. The first kappa shape index (κ1) is 13.2. The SMILES string of the molecule is CCC(Nc1cc(N)nc(SC)n1)c1cccs1. The van der Waals surface area contributed by atoms with Gasteiger partial charge < -0.3 is 11.1 Å². The van der Waals surface area contributed by atoms with Crippen molar-refractivity contribution in [1.82, 2.24) is 9.97 Å². The Morgan fingerprint density at radius 3 is 2.94 bits per heavy atom. The highest BCUT2D eigenvalue weighted by molar-refractivity contribution is 7.98. The molecule has 1 atom stereocenters. The predicted octanol–water partition coefficient (Wildman–Crippen LogP) is 3.41. The molecular formula is C12H16N4S2. The molecule has 0 amide bonds. The molecule has 2 heterocycles. The Morgan fingerprint density at radius 1 is 1.50 bits per heavy atom. The van der Waals surface area contributed by atoms with Crippen LogP contribution in [0.4, 0.5) is 11.6 Å². The minimum Gasteiger partial charge on any atom is -0.383 e. The molecule has 0 aromatic carbocycles. The second-order valence-corrected chi connectivity index (χ2v) is 5.54. The van der Waals surface area contributed by atoms with Gasteiger partial charge in [-0.2, -0.15) is 0 Å². The number of thioether (sulfide) groups is 1. The van der Waals surface area contributed by atoms with Crippen molar-refractivity contribution in [2.24, 2.45) is 0 Å². The molecular weight excluding hydrogens is 264 g/mol. The van der Waals surface area contributed by atoms with E-state index in [0.29, 0.717) is 11.0 Å². The second kappa shape index (κ2) is 6.06. The van der Waals surface area contributed by atoms with Crippen molar-refractivity contribution in [3.05, 3.63) is 28.5 Å². The lowest BCUT2D eigenvalue weighted by atomic mass is 10.2. The van der Waals surface area contributed by atoms with Crippen LogP contribution in [0.1, 0.15) is 24.3 Å². The fraction of sp³-hybridized carbons (Fsp3) is 0.333. The number of nitrogens with one attached hydrogen (secondary N) is 1. The van der Waals surface area contributed by atoms with Crippen LogP contribution in [0.15, 0.2) is 28.7 Å². The largest absolute Gasteiger partial charge is 0.383 e. The topological polar surface area (TPSA) is 63.8 Å². The first-order valence-corrected chi connectivity index (χ1v) is 7.82. The summed E-state index contributed by atoms with van der Waals surface area (Å²) in [4.78, 5) is 9.86.